The molecule has 0 N–H and O–H groups in total. The van der Waals surface area contributed by atoms with Crippen LogP contribution in [0.5, 0.6) is 0 Å². The summed E-state index contributed by atoms with van der Waals surface area (Å²) in [7, 11) is 0. The van der Waals surface area contributed by atoms with Crippen LogP contribution in [0, 0.1) is 5.92 Å². The van der Waals surface area contributed by atoms with Gasteiger partial charge in [0.1, 0.15) is 11.6 Å². The van der Waals surface area contributed by atoms with E-state index in [0.717, 1.165) is 44.7 Å². The average molecular weight is 275 g/mol. The summed E-state index contributed by atoms with van der Waals surface area (Å²) < 4.78 is 2.21. The van der Waals surface area contributed by atoms with Gasteiger partial charge >= 0.3 is 0 Å². The molecule has 2 atom stereocenters. The van der Waals surface area contributed by atoms with E-state index in [4.69, 9.17) is 0 Å². The van der Waals surface area contributed by atoms with Gasteiger partial charge in [-0.25, -0.2) is 4.98 Å². The Morgan fingerprint density at radius 3 is 2.95 bits per heavy atom. The molecule has 0 bridgehead atoms. The zero-order valence-electron chi connectivity index (χ0n) is 12.4. The highest BCUT2D eigenvalue weighted by Gasteiger charge is 2.36. The first-order valence-corrected chi connectivity index (χ1v) is 8.06. The topological polar surface area (TPSA) is 38.1 Å². The zero-order chi connectivity index (χ0) is 13.9. The van der Waals surface area contributed by atoms with Crippen molar-refractivity contribution in [2.75, 3.05) is 6.54 Å². The maximum absolute atomic E-state index is 12.1. The Morgan fingerprint density at radius 2 is 2.20 bits per heavy atom. The van der Waals surface area contributed by atoms with Gasteiger partial charge in [-0.1, -0.05) is 6.42 Å². The van der Waals surface area contributed by atoms with Crippen LogP contribution in [0.25, 0.3) is 0 Å². The van der Waals surface area contributed by atoms with E-state index in [1.54, 1.807) is 0 Å². The van der Waals surface area contributed by atoms with Gasteiger partial charge in [0.15, 0.2) is 0 Å². The summed E-state index contributed by atoms with van der Waals surface area (Å²) in [4.78, 5) is 19.1. The SMILES string of the molecule is CCn1ccnc1CN1CCCCC1C1CCCC1=O. The van der Waals surface area contributed by atoms with Crippen LogP contribution in [0.15, 0.2) is 12.4 Å². The number of Topliss-reactive ketones (excluding diaryl/α,β-unsaturated/α-hetero) is 1. The summed E-state index contributed by atoms with van der Waals surface area (Å²) in [6.07, 6.45) is 10.6. The average Bonchev–Trinajstić information content (AvgIpc) is 3.08. The minimum atomic E-state index is 0.292. The molecule has 20 heavy (non-hydrogen) atoms. The lowest BCUT2D eigenvalue weighted by Crippen LogP contribution is -2.45. The Balaban J connectivity index is 1.73. The quantitative estimate of drug-likeness (QED) is 0.848. The predicted molar refractivity (Wildman–Crippen MR) is 78.3 cm³/mol. The Morgan fingerprint density at radius 1 is 1.30 bits per heavy atom. The number of rotatable bonds is 4. The number of carbonyl (C=O) groups is 1. The molecule has 1 aromatic rings. The van der Waals surface area contributed by atoms with E-state index in [1.807, 2.05) is 6.20 Å². The van der Waals surface area contributed by atoms with Crippen LogP contribution >= 0.6 is 0 Å². The first-order chi connectivity index (χ1) is 9.79. The molecule has 1 aliphatic heterocycles. The first kappa shape index (κ1) is 13.8. The minimum absolute atomic E-state index is 0.292. The van der Waals surface area contributed by atoms with Crippen LogP contribution in [0.3, 0.4) is 0 Å². The fraction of sp³-hybridized carbons (Fsp3) is 0.750. The molecule has 1 aliphatic carbocycles. The molecule has 4 nitrogen and oxygen atoms in total. The second-order valence-electron chi connectivity index (χ2n) is 6.13. The van der Waals surface area contributed by atoms with Crippen LogP contribution < -0.4 is 0 Å². The number of piperidine rings is 1. The molecule has 4 heteroatoms. The minimum Gasteiger partial charge on any atom is -0.334 e. The molecular weight excluding hydrogens is 250 g/mol. The fourth-order valence-corrected chi connectivity index (χ4v) is 3.88. The van der Waals surface area contributed by atoms with Crippen LogP contribution in [-0.2, 0) is 17.9 Å². The largest absolute Gasteiger partial charge is 0.334 e. The standard InChI is InChI=1S/C16H25N3O/c1-2-18-11-9-17-16(18)12-19-10-4-3-7-14(19)13-6-5-8-15(13)20/h9,11,13-14H,2-8,10,12H2,1H3. The van der Waals surface area contributed by atoms with Crippen molar-refractivity contribution >= 4 is 5.78 Å². The lowest BCUT2D eigenvalue weighted by molar-refractivity contribution is -0.123. The number of hydrogen-bond donors (Lipinski definition) is 0. The Hall–Kier alpha value is -1.16. The molecule has 1 aromatic heterocycles. The summed E-state index contributed by atoms with van der Waals surface area (Å²) in [5, 5.41) is 0. The van der Waals surface area contributed by atoms with Crippen LogP contribution in [0.2, 0.25) is 0 Å². The molecule has 2 fully saturated rings. The molecule has 2 aliphatic rings. The Labute approximate surface area is 121 Å². The van der Waals surface area contributed by atoms with Gasteiger partial charge in [-0.05, 0) is 39.2 Å². The molecule has 2 unspecified atom stereocenters. The van der Waals surface area contributed by atoms with Gasteiger partial charge in [-0.2, -0.15) is 0 Å². The molecule has 1 saturated heterocycles. The second-order valence-corrected chi connectivity index (χ2v) is 6.13. The molecular formula is C16H25N3O. The smallest absolute Gasteiger partial charge is 0.137 e. The lowest BCUT2D eigenvalue weighted by Gasteiger charge is -2.38. The van der Waals surface area contributed by atoms with Crippen LogP contribution in [0.1, 0.15) is 51.3 Å². The van der Waals surface area contributed by atoms with Crippen molar-refractivity contribution in [1.29, 1.82) is 0 Å². The third-order valence-corrected chi connectivity index (χ3v) is 4.97. The van der Waals surface area contributed by atoms with Gasteiger partial charge in [0.05, 0.1) is 6.54 Å². The first-order valence-electron chi connectivity index (χ1n) is 8.06. The summed E-state index contributed by atoms with van der Waals surface area (Å²) in [5.74, 6) is 1.94. The second kappa shape index (κ2) is 6.08. The van der Waals surface area contributed by atoms with Crippen molar-refractivity contribution in [2.24, 2.45) is 5.92 Å². The molecule has 0 spiro atoms. The van der Waals surface area contributed by atoms with Crippen molar-refractivity contribution < 1.29 is 4.79 Å². The predicted octanol–water partition coefficient (Wildman–Crippen LogP) is 2.63. The van der Waals surface area contributed by atoms with Crippen LogP contribution in [-0.4, -0.2) is 32.8 Å². The highest BCUT2D eigenvalue weighted by Crippen LogP contribution is 2.33. The summed E-state index contributed by atoms with van der Waals surface area (Å²) in [6, 6.07) is 0.459. The zero-order valence-corrected chi connectivity index (χ0v) is 12.4. The Bertz CT molecular complexity index is 468. The van der Waals surface area contributed by atoms with E-state index in [0.29, 0.717) is 17.7 Å². The number of ketones is 1. The van der Waals surface area contributed by atoms with Gasteiger partial charge in [0.2, 0.25) is 0 Å². The van der Waals surface area contributed by atoms with Gasteiger partial charge in [0.25, 0.3) is 0 Å². The van der Waals surface area contributed by atoms with E-state index in [1.165, 1.54) is 19.3 Å². The van der Waals surface area contributed by atoms with Crippen LogP contribution in [0.4, 0.5) is 0 Å². The summed E-state index contributed by atoms with van der Waals surface area (Å²) in [6.45, 7) is 5.13. The number of aryl methyl sites for hydroxylation is 1. The monoisotopic (exact) mass is 275 g/mol. The van der Waals surface area contributed by atoms with Gasteiger partial charge < -0.3 is 4.57 Å². The van der Waals surface area contributed by atoms with E-state index in [2.05, 4.69) is 27.6 Å². The lowest BCUT2D eigenvalue weighted by atomic mass is 9.88. The molecule has 0 amide bonds. The molecule has 0 aromatic carbocycles. The third kappa shape index (κ3) is 2.66. The number of carbonyl (C=O) groups excluding carboxylic acids is 1. The number of nitrogens with zero attached hydrogens (tertiary/aromatic N) is 3. The van der Waals surface area contributed by atoms with Crippen molar-refractivity contribution in [3.63, 3.8) is 0 Å². The van der Waals surface area contributed by atoms with E-state index in [-0.39, 0.29) is 0 Å². The van der Waals surface area contributed by atoms with Gasteiger partial charge in [-0.15, -0.1) is 0 Å². The maximum Gasteiger partial charge on any atom is 0.137 e. The molecule has 3 rings (SSSR count). The number of likely N-dealkylation sites (tertiary alicyclic amines) is 1. The number of hydrogen-bond acceptors (Lipinski definition) is 3. The highest BCUT2D eigenvalue weighted by atomic mass is 16.1. The highest BCUT2D eigenvalue weighted by molar-refractivity contribution is 5.83. The molecule has 2 heterocycles. The maximum atomic E-state index is 12.1. The summed E-state index contributed by atoms with van der Waals surface area (Å²) >= 11 is 0. The number of aromatic nitrogens is 2. The normalized spacial score (nSPS) is 28.1. The van der Waals surface area contributed by atoms with E-state index in [9.17, 15) is 4.79 Å². The third-order valence-electron chi connectivity index (χ3n) is 4.97. The molecule has 1 saturated carbocycles. The van der Waals surface area contributed by atoms with Crippen molar-refractivity contribution in [1.82, 2.24) is 14.5 Å². The van der Waals surface area contributed by atoms with Crippen molar-refractivity contribution in [3.8, 4) is 0 Å². The molecule has 110 valence electrons. The van der Waals surface area contributed by atoms with Crippen molar-refractivity contribution in [2.45, 2.75) is 64.6 Å². The van der Waals surface area contributed by atoms with Gasteiger partial charge in [-0.3, -0.25) is 9.69 Å². The molecule has 0 radical (unpaired) electrons. The van der Waals surface area contributed by atoms with E-state index < -0.39 is 0 Å². The fourth-order valence-electron chi connectivity index (χ4n) is 3.88. The van der Waals surface area contributed by atoms with Crippen molar-refractivity contribution in [3.05, 3.63) is 18.2 Å². The summed E-state index contributed by atoms with van der Waals surface area (Å²) in [5.41, 5.74) is 0. The van der Waals surface area contributed by atoms with Gasteiger partial charge in [0, 0.05) is 37.3 Å². The van der Waals surface area contributed by atoms with E-state index >= 15 is 0 Å². The number of imidazole rings is 1. The Kier molecular flexibility index (Phi) is 4.20.